The summed E-state index contributed by atoms with van der Waals surface area (Å²) in [6.45, 7) is 0.972. The smallest absolute Gasteiger partial charge is 0.136 e. The first kappa shape index (κ1) is 34.4. The minimum Gasteiger partial charge on any atom is -0.348 e. The maximum Gasteiger partial charge on any atom is 0.136 e. The molecule has 12 rings (SSSR count). The third-order valence-corrected chi connectivity index (χ3v) is 12.4. The SMILES string of the molecule is C1=C(c2ccccc2)N=C(c2cccc(-c3ccccc3N3c4ccccc4-c4c(n(-c5ccccc5)c5ccccc45)-c4ccccc43)c2)N2CC2C1c1ccccc1. The molecule has 1 fully saturated rings. The molecule has 0 saturated carbocycles. The van der Waals surface area contributed by atoms with Gasteiger partial charge in [-0.2, -0.15) is 0 Å². The van der Waals surface area contributed by atoms with E-state index in [1.54, 1.807) is 0 Å². The summed E-state index contributed by atoms with van der Waals surface area (Å²) in [6.07, 6.45) is 2.39. The molecular formula is C56H40N4. The van der Waals surface area contributed by atoms with E-state index in [-0.39, 0.29) is 5.92 Å². The third kappa shape index (κ3) is 5.56. The van der Waals surface area contributed by atoms with Gasteiger partial charge in [0.2, 0.25) is 0 Å². The van der Waals surface area contributed by atoms with Crippen molar-refractivity contribution in [2.45, 2.75) is 12.0 Å². The maximum absolute atomic E-state index is 5.50. The van der Waals surface area contributed by atoms with Gasteiger partial charge < -0.3 is 14.4 Å². The minimum atomic E-state index is 0.245. The molecule has 0 N–H and O–H groups in total. The molecule has 0 spiro atoms. The fourth-order valence-electron chi connectivity index (χ4n) is 9.69. The molecule has 2 unspecified atom stereocenters. The van der Waals surface area contributed by atoms with Crippen molar-refractivity contribution in [2.24, 2.45) is 4.99 Å². The van der Waals surface area contributed by atoms with Gasteiger partial charge >= 0.3 is 0 Å². The Kier molecular flexibility index (Phi) is 8.02. The molecule has 4 heteroatoms. The first-order chi connectivity index (χ1) is 29.8. The molecule has 284 valence electrons. The predicted molar refractivity (Wildman–Crippen MR) is 248 cm³/mol. The lowest BCUT2D eigenvalue weighted by atomic mass is 9.93. The van der Waals surface area contributed by atoms with Crippen molar-refractivity contribution in [3.8, 4) is 39.2 Å². The Hall–Kier alpha value is -7.69. The standard InChI is InChI=1S/C56H40N4/c1-4-19-38(20-5-1)47-36-48(39-21-6-2-7-22-39)57-56(58-37-53(47)58)41-24-18-23-40(35-41)43-27-10-14-31-49(43)60-51-33-16-12-29-45(51)54-44-28-11-15-32-50(44)59(42-25-8-3-9-26-42)55(54)46-30-13-17-34-52(46)60/h1-36,47,53H,37H2. The van der Waals surface area contributed by atoms with E-state index in [1.165, 1.54) is 38.9 Å². The summed E-state index contributed by atoms with van der Waals surface area (Å²) in [7, 11) is 0. The number of amidine groups is 1. The quantitative estimate of drug-likeness (QED) is 0.157. The van der Waals surface area contributed by atoms with Gasteiger partial charge in [-0.15, -0.1) is 0 Å². The van der Waals surface area contributed by atoms with E-state index in [2.05, 4.69) is 233 Å². The van der Waals surface area contributed by atoms with Crippen LogP contribution in [0.15, 0.2) is 223 Å². The van der Waals surface area contributed by atoms with Crippen molar-refractivity contribution in [1.82, 2.24) is 9.47 Å². The Labute approximate surface area is 350 Å². The molecule has 0 aliphatic carbocycles. The van der Waals surface area contributed by atoms with E-state index in [0.29, 0.717) is 6.04 Å². The van der Waals surface area contributed by atoms with Gasteiger partial charge in [-0.3, -0.25) is 0 Å². The first-order valence-electron chi connectivity index (χ1n) is 20.9. The van der Waals surface area contributed by atoms with Crippen LogP contribution in [0.1, 0.15) is 22.6 Å². The number of nitrogens with zero attached hydrogens (tertiary/aromatic N) is 4. The van der Waals surface area contributed by atoms with Crippen LogP contribution >= 0.6 is 0 Å². The van der Waals surface area contributed by atoms with Crippen molar-refractivity contribution in [1.29, 1.82) is 0 Å². The molecule has 60 heavy (non-hydrogen) atoms. The van der Waals surface area contributed by atoms with Crippen molar-refractivity contribution in [3.63, 3.8) is 0 Å². The average Bonchev–Trinajstić information content (AvgIpc) is 4.08. The molecule has 0 bridgehead atoms. The van der Waals surface area contributed by atoms with Gasteiger partial charge in [0.15, 0.2) is 0 Å². The second-order valence-corrected chi connectivity index (χ2v) is 15.9. The number of benzene rings is 8. The van der Waals surface area contributed by atoms with Crippen LogP contribution in [0.25, 0.3) is 55.8 Å². The van der Waals surface area contributed by atoms with Crippen LogP contribution in [0.4, 0.5) is 17.1 Å². The minimum absolute atomic E-state index is 0.245. The maximum atomic E-state index is 5.50. The Morgan fingerprint density at radius 1 is 0.467 bits per heavy atom. The first-order valence-corrected chi connectivity index (χ1v) is 20.9. The van der Waals surface area contributed by atoms with Gasteiger partial charge in [0.25, 0.3) is 0 Å². The van der Waals surface area contributed by atoms with Crippen LogP contribution in [0, 0.1) is 0 Å². The number of hydrogen-bond acceptors (Lipinski definition) is 3. The van der Waals surface area contributed by atoms with E-state index in [9.17, 15) is 0 Å². The summed E-state index contributed by atoms with van der Waals surface area (Å²) in [4.78, 5) is 10.5. The van der Waals surface area contributed by atoms with Crippen LogP contribution < -0.4 is 4.90 Å². The number of aliphatic imine (C=N–C) groups is 1. The van der Waals surface area contributed by atoms with E-state index < -0.39 is 0 Å². The van der Waals surface area contributed by atoms with Gasteiger partial charge in [0, 0.05) is 51.4 Å². The number of fused-ring (bicyclic) bond motifs is 8. The Morgan fingerprint density at radius 3 is 1.80 bits per heavy atom. The molecule has 1 saturated heterocycles. The summed E-state index contributed by atoms with van der Waals surface area (Å²) >= 11 is 0. The van der Waals surface area contributed by atoms with Crippen molar-refractivity contribution in [2.75, 3.05) is 11.4 Å². The zero-order valence-corrected chi connectivity index (χ0v) is 32.9. The Balaban J connectivity index is 1.03. The van der Waals surface area contributed by atoms with Crippen molar-refractivity contribution in [3.05, 3.63) is 235 Å². The van der Waals surface area contributed by atoms with Gasteiger partial charge in [0.1, 0.15) is 5.84 Å². The lowest BCUT2D eigenvalue weighted by molar-refractivity contribution is 0.679. The molecule has 8 aromatic carbocycles. The van der Waals surface area contributed by atoms with Crippen LogP contribution in [0.3, 0.4) is 0 Å². The van der Waals surface area contributed by atoms with Crippen LogP contribution in [-0.2, 0) is 0 Å². The molecule has 1 aromatic heterocycles. The zero-order chi connectivity index (χ0) is 39.6. The number of anilines is 3. The fourth-order valence-corrected chi connectivity index (χ4v) is 9.69. The molecule has 9 aromatic rings. The predicted octanol–water partition coefficient (Wildman–Crippen LogP) is 13.7. The second-order valence-electron chi connectivity index (χ2n) is 15.9. The lowest BCUT2D eigenvalue weighted by Gasteiger charge is -2.29. The second kappa shape index (κ2) is 14.0. The molecule has 3 aliphatic heterocycles. The molecule has 4 heterocycles. The lowest BCUT2D eigenvalue weighted by Crippen LogP contribution is -2.17. The summed E-state index contributed by atoms with van der Waals surface area (Å²) in [5, 5.41) is 1.23. The van der Waals surface area contributed by atoms with Gasteiger partial charge in [0.05, 0.1) is 40.0 Å². The Morgan fingerprint density at radius 2 is 1.03 bits per heavy atom. The topological polar surface area (TPSA) is 23.5 Å². The zero-order valence-electron chi connectivity index (χ0n) is 32.9. The summed E-state index contributed by atoms with van der Waals surface area (Å²) in [6, 6.07) is 77.3. The normalized spacial score (nSPS) is 16.4. The molecular weight excluding hydrogens is 729 g/mol. The largest absolute Gasteiger partial charge is 0.348 e. The van der Waals surface area contributed by atoms with Crippen LogP contribution in [0.5, 0.6) is 0 Å². The summed E-state index contributed by atoms with van der Waals surface area (Å²) in [5.74, 6) is 1.27. The fraction of sp³-hybridized carbons (Fsp3) is 0.0536. The highest BCUT2D eigenvalue weighted by molar-refractivity contribution is 6.13. The van der Waals surface area contributed by atoms with E-state index in [0.717, 1.165) is 63.1 Å². The van der Waals surface area contributed by atoms with E-state index in [1.807, 2.05) is 0 Å². The highest BCUT2D eigenvalue weighted by Crippen LogP contribution is 2.55. The third-order valence-electron chi connectivity index (χ3n) is 12.4. The van der Waals surface area contributed by atoms with Crippen molar-refractivity contribution < 1.29 is 0 Å². The average molecular weight is 769 g/mol. The highest BCUT2D eigenvalue weighted by Gasteiger charge is 2.45. The van der Waals surface area contributed by atoms with Gasteiger partial charge in [-0.1, -0.05) is 170 Å². The number of aromatic nitrogens is 1. The monoisotopic (exact) mass is 768 g/mol. The van der Waals surface area contributed by atoms with Gasteiger partial charge in [-0.25, -0.2) is 4.99 Å². The molecule has 4 nitrogen and oxygen atoms in total. The van der Waals surface area contributed by atoms with Crippen LogP contribution in [-0.4, -0.2) is 27.9 Å². The number of para-hydroxylation sites is 5. The molecule has 2 atom stereocenters. The van der Waals surface area contributed by atoms with E-state index >= 15 is 0 Å². The highest BCUT2D eigenvalue weighted by atomic mass is 15.4. The van der Waals surface area contributed by atoms with E-state index in [4.69, 9.17) is 4.99 Å². The summed E-state index contributed by atoms with van der Waals surface area (Å²) in [5.41, 5.74) is 17.5. The van der Waals surface area contributed by atoms with Gasteiger partial charge in [-0.05, 0) is 65.2 Å². The summed E-state index contributed by atoms with van der Waals surface area (Å²) < 4.78 is 2.45. The number of hydrogen-bond donors (Lipinski definition) is 0. The Bertz CT molecular complexity index is 3140. The molecule has 0 radical (unpaired) electrons. The molecule has 3 aliphatic rings. The van der Waals surface area contributed by atoms with Crippen LogP contribution in [0.2, 0.25) is 0 Å². The van der Waals surface area contributed by atoms with Crippen molar-refractivity contribution >= 4 is 39.5 Å². The number of rotatable bonds is 6. The molecule has 0 amide bonds.